The molecule has 2 aromatic carbocycles. The van der Waals surface area contributed by atoms with Gasteiger partial charge in [0, 0.05) is 29.0 Å². The van der Waals surface area contributed by atoms with Crippen LogP contribution in [0.3, 0.4) is 0 Å². The van der Waals surface area contributed by atoms with Gasteiger partial charge < -0.3 is 14.6 Å². The van der Waals surface area contributed by atoms with Crippen molar-refractivity contribution in [2.75, 3.05) is 14.2 Å². The average Bonchev–Trinajstić information content (AvgIpc) is 3.16. The van der Waals surface area contributed by atoms with E-state index in [1.165, 1.54) is 5.01 Å². The molecular formula is C21H21ClN2O5. The van der Waals surface area contributed by atoms with Gasteiger partial charge in [0.2, 0.25) is 5.91 Å². The highest BCUT2D eigenvalue weighted by Crippen LogP contribution is 2.40. The lowest BCUT2D eigenvalue weighted by Gasteiger charge is -2.24. The van der Waals surface area contributed by atoms with Gasteiger partial charge in [-0.25, -0.2) is 5.01 Å². The molecule has 1 aliphatic rings. The molecule has 0 unspecified atom stereocenters. The van der Waals surface area contributed by atoms with Crippen molar-refractivity contribution in [3.63, 3.8) is 0 Å². The van der Waals surface area contributed by atoms with Crippen LogP contribution in [0.25, 0.3) is 0 Å². The third kappa shape index (κ3) is 4.51. The summed E-state index contributed by atoms with van der Waals surface area (Å²) in [5, 5.41) is 15.3. The fraction of sp³-hybridized carbons (Fsp3) is 0.286. The van der Waals surface area contributed by atoms with Gasteiger partial charge in [-0.05, 0) is 24.3 Å². The van der Waals surface area contributed by atoms with Gasteiger partial charge in [-0.2, -0.15) is 5.10 Å². The fourth-order valence-electron chi connectivity index (χ4n) is 3.27. The molecule has 0 spiro atoms. The van der Waals surface area contributed by atoms with Gasteiger partial charge in [0.25, 0.3) is 0 Å². The Morgan fingerprint density at radius 1 is 1.17 bits per heavy atom. The minimum atomic E-state index is -1.04. The van der Waals surface area contributed by atoms with Crippen molar-refractivity contribution in [3.05, 3.63) is 58.6 Å². The molecule has 29 heavy (non-hydrogen) atoms. The lowest BCUT2D eigenvalue weighted by atomic mass is 9.97. The van der Waals surface area contributed by atoms with Gasteiger partial charge in [0.15, 0.2) is 0 Å². The summed E-state index contributed by atoms with van der Waals surface area (Å²) in [4.78, 5) is 23.7. The third-order valence-corrected chi connectivity index (χ3v) is 5.03. The number of carbonyl (C=O) groups excluding carboxylic acids is 1. The van der Waals surface area contributed by atoms with Gasteiger partial charge in [0.1, 0.15) is 11.5 Å². The summed E-state index contributed by atoms with van der Waals surface area (Å²) in [7, 11) is 3.11. The Morgan fingerprint density at radius 3 is 2.59 bits per heavy atom. The number of rotatable bonds is 7. The van der Waals surface area contributed by atoms with Crippen LogP contribution in [0, 0.1) is 0 Å². The number of amides is 1. The van der Waals surface area contributed by atoms with Gasteiger partial charge in [-0.1, -0.05) is 29.8 Å². The van der Waals surface area contributed by atoms with E-state index in [0.29, 0.717) is 28.7 Å². The topological polar surface area (TPSA) is 88.4 Å². The molecule has 8 heteroatoms. The second kappa shape index (κ2) is 8.96. The predicted molar refractivity (Wildman–Crippen MR) is 109 cm³/mol. The van der Waals surface area contributed by atoms with E-state index in [1.807, 2.05) is 18.2 Å². The number of ether oxygens (including phenoxy) is 2. The third-order valence-electron chi connectivity index (χ3n) is 4.70. The summed E-state index contributed by atoms with van der Waals surface area (Å²) in [6.07, 6.45) is -0.0161. The number of nitrogens with zero attached hydrogens (tertiary/aromatic N) is 2. The van der Waals surface area contributed by atoms with Crippen LogP contribution in [0.15, 0.2) is 47.6 Å². The number of aliphatic carboxylic acids is 1. The first-order valence-electron chi connectivity index (χ1n) is 9.02. The Kier molecular flexibility index (Phi) is 6.39. The maximum absolute atomic E-state index is 12.8. The van der Waals surface area contributed by atoms with Crippen molar-refractivity contribution in [1.82, 2.24) is 5.01 Å². The molecular weight excluding hydrogens is 396 g/mol. The monoisotopic (exact) mass is 416 g/mol. The van der Waals surface area contributed by atoms with E-state index >= 15 is 0 Å². The second-order valence-corrected chi connectivity index (χ2v) is 6.89. The van der Waals surface area contributed by atoms with Crippen molar-refractivity contribution < 1.29 is 24.2 Å². The van der Waals surface area contributed by atoms with E-state index in [4.69, 9.17) is 26.2 Å². The van der Waals surface area contributed by atoms with E-state index in [1.54, 1.807) is 38.5 Å². The van der Waals surface area contributed by atoms with Gasteiger partial charge in [0.05, 0.1) is 32.4 Å². The number of hydrazone groups is 1. The smallest absolute Gasteiger partial charge is 0.303 e. The minimum Gasteiger partial charge on any atom is -0.497 e. The molecule has 0 radical (unpaired) electrons. The highest BCUT2D eigenvalue weighted by molar-refractivity contribution is 6.34. The van der Waals surface area contributed by atoms with E-state index in [2.05, 4.69) is 5.10 Å². The Labute approximate surface area is 173 Å². The first kappa shape index (κ1) is 20.7. The summed E-state index contributed by atoms with van der Waals surface area (Å²) in [6.45, 7) is 0. The maximum atomic E-state index is 12.8. The van der Waals surface area contributed by atoms with Crippen LogP contribution in [-0.4, -0.2) is 41.9 Å². The molecule has 0 aromatic heterocycles. The zero-order chi connectivity index (χ0) is 21.0. The van der Waals surface area contributed by atoms with Crippen LogP contribution in [0.5, 0.6) is 11.5 Å². The van der Waals surface area contributed by atoms with Crippen LogP contribution in [0.2, 0.25) is 5.02 Å². The molecule has 1 N–H and O–H groups in total. The normalized spacial score (nSPS) is 15.8. The quantitative estimate of drug-likeness (QED) is 0.739. The number of carboxylic acid groups (broad SMARTS) is 1. The van der Waals surface area contributed by atoms with E-state index in [-0.39, 0.29) is 18.7 Å². The number of hydrogen-bond donors (Lipinski definition) is 1. The van der Waals surface area contributed by atoms with Crippen molar-refractivity contribution in [3.8, 4) is 11.5 Å². The Morgan fingerprint density at radius 2 is 1.93 bits per heavy atom. The van der Waals surface area contributed by atoms with Crippen molar-refractivity contribution in [2.45, 2.75) is 25.3 Å². The molecule has 3 rings (SSSR count). The Bertz CT molecular complexity index is 960. The van der Waals surface area contributed by atoms with Crippen LogP contribution in [0.1, 0.15) is 36.4 Å². The SMILES string of the molecule is COc1ccc(OC)c([C@H]2CC(c3ccccc3Cl)=NN2C(=O)CCC(=O)O)c1. The molecule has 2 aromatic rings. The standard InChI is InChI=1S/C21H21ClN2O5/c1-28-13-7-8-19(29-2)15(11-13)18-12-17(14-5-3-4-6-16(14)22)23-24(18)20(25)9-10-21(26)27/h3-8,11,18H,9-10,12H2,1-2H3,(H,26,27)/t18-/m1/s1. The van der Waals surface area contributed by atoms with Crippen LogP contribution in [-0.2, 0) is 9.59 Å². The molecule has 1 atom stereocenters. The Balaban J connectivity index is 2.02. The molecule has 1 amide bonds. The fourth-order valence-corrected chi connectivity index (χ4v) is 3.51. The molecule has 0 aliphatic carbocycles. The molecule has 0 fully saturated rings. The first-order valence-corrected chi connectivity index (χ1v) is 9.40. The van der Waals surface area contributed by atoms with Crippen molar-refractivity contribution >= 4 is 29.2 Å². The molecule has 0 saturated carbocycles. The zero-order valence-corrected chi connectivity index (χ0v) is 16.8. The summed E-state index contributed by atoms with van der Waals surface area (Å²) < 4.78 is 10.8. The van der Waals surface area contributed by atoms with Crippen molar-refractivity contribution in [1.29, 1.82) is 0 Å². The van der Waals surface area contributed by atoms with Gasteiger partial charge >= 0.3 is 5.97 Å². The largest absolute Gasteiger partial charge is 0.497 e. The second-order valence-electron chi connectivity index (χ2n) is 6.49. The number of carboxylic acids is 1. The van der Waals surface area contributed by atoms with Crippen molar-refractivity contribution in [2.24, 2.45) is 5.10 Å². The van der Waals surface area contributed by atoms with E-state index in [0.717, 1.165) is 11.1 Å². The lowest BCUT2D eigenvalue weighted by molar-refractivity contribution is -0.141. The lowest BCUT2D eigenvalue weighted by Crippen LogP contribution is -2.27. The van der Waals surface area contributed by atoms with Gasteiger partial charge in [-0.15, -0.1) is 0 Å². The number of halogens is 1. The number of methoxy groups -OCH3 is 2. The molecule has 152 valence electrons. The van der Waals surface area contributed by atoms with Crippen LogP contribution < -0.4 is 9.47 Å². The average molecular weight is 417 g/mol. The minimum absolute atomic E-state index is 0.155. The Hall–Kier alpha value is -3.06. The summed E-state index contributed by atoms with van der Waals surface area (Å²) in [6, 6.07) is 12.1. The van der Waals surface area contributed by atoms with E-state index < -0.39 is 12.0 Å². The molecule has 1 aliphatic heterocycles. The number of hydrogen-bond acceptors (Lipinski definition) is 5. The summed E-state index contributed by atoms with van der Waals surface area (Å²) in [5.74, 6) is -0.222. The summed E-state index contributed by atoms with van der Waals surface area (Å²) >= 11 is 6.33. The molecule has 1 heterocycles. The van der Waals surface area contributed by atoms with E-state index in [9.17, 15) is 9.59 Å². The van der Waals surface area contributed by atoms with Crippen LogP contribution >= 0.6 is 11.6 Å². The highest BCUT2D eigenvalue weighted by atomic mass is 35.5. The van der Waals surface area contributed by atoms with Crippen LogP contribution in [0.4, 0.5) is 0 Å². The molecule has 0 bridgehead atoms. The predicted octanol–water partition coefficient (Wildman–Crippen LogP) is 3.90. The number of carbonyl (C=O) groups is 2. The van der Waals surface area contributed by atoms with Gasteiger partial charge in [-0.3, -0.25) is 9.59 Å². The molecule has 0 saturated heterocycles. The molecule has 7 nitrogen and oxygen atoms in total. The maximum Gasteiger partial charge on any atom is 0.303 e. The number of benzene rings is 2. The summed E-state index contributed by atoms with van der Waals surface area (Å²) in [5.41, 5.74) is 2.10. The first-order chi connectivity index (χ1) is 13.9. The zero-order valence-electron chi connectivity index (χ0n) is 16.1. The highest BCUT2D eigenvalue weighted by Gasteiger charge is 2.35.